The first kappa shape index (κ1) is 16.2. The molecule has 0 aliphatic heterocycles. The van der Waals surface area contributed by atoms with Crippen LogP contribution in [0.15, 0.2) is 27.4 Å². The molecule has 7 nitrogen and oxygen atoms in total. The SMILES string of the molecule is CC(C)c1noc(CCc2nc(-c3ccc(C(F)F)nc3)no2)n1. The maximum absolute atomic E-state index is 12.5. The zero-order chi connectivity index (χ0) is 17.1. The van der Waals surface area contributed by atoms with Gasteiger partial charge in [0.25, 0.3) is 6.43 Å². The van der Waals surface area contributed by atoms with E-state index in [4.69, 9.17) is 9.05 Å². The van der Waals surface area contributed by atoms with Crippen molar-refractivity contribution < 1.29 is 17.8 Å². The molecule has 0 N–H and O–H groups in total. The van der Waals surface area contributed by atoms with Gasteiger partial charge in [0.1, 0.15) is 5.69 Å². The lowest BCUT2D eigenvalue weighted by Crippen LogP contribution is -1.94. The van der Waals surface area contributed by atoms with Crippen molar-refractivity contribution in [1.29, 1.82) is 0 Å². The van der Waals surface area contributed by atoms with E-state index in [0.717, 1.165) is 0 Å². The fourth-order valence-corrected chi connectivity index (χ4v) is 1.96. The largest absolute Gasteiger partial charge is 0.339 e. The van der Waals surface area contributed by atoms with E-state index < -0.39 is 6.43 Å². The van der Waals surface area contributed by atoms with E-state index in [1.165, 1.54) is 18.3 Å². The first-order valence-corrected chi connectivity index (χ1v) is 7.42. The van der Waals surface area contributed by atoms with Gasteiger partial charge in [0.05, 0.1) is 0 Å². The van der Waals surface area contributed by atoms with Crippen molar-refractivity contribution in [2.24, 2.45) is 0 Å². The minimum atomic E-state index is -2.61. The summed E-state index contributed by atoms with van der Waals surface area (Å²) in [6, 6.07) is 2.72. The van der Waals surface area contributed by atoms with E-state index in [1.54, 1.807) is 0 Å². The van der Waals surface area contributed by atoms with Crippen LogP contribution in [0, 0.1) is 0 Å². The van der Waals surface area contributed by atoms with Crippen LogP contribution in [0.3, 0.4) is 0 Å². The van der Waals surface area contributed by atoms with E-state index in [1.807, 2.05) is 13.8 Å². The number of hydrogen-bond acceptors (Lipinski definition) is 7. The van der Waals surface area contributed by atoms with E-state index in [2.05, 4.69) is 25.3 Å². The summed E-state index contributed by atoms with van der Waals surface area (Å²) in [6.07, 6.45) is -0.396. The number of alkyl halides is 2. The van der Waals surface area contributed by atoms with Gasteiger partial charge in [-0.05, 0) is 12.1 Å². The third kappa shape index (κ3) is 3.61. The lowest BCUT2D eigenvalue weighted by molar-refractivity contribution is 0.146. The van der Waals surface area contributed by atoms with Crippen LogP contribution < -0.4 is 0 Å². The van der Waals surface area contributed by atoms with Crippen molar-refractivity contribution in [3.05, 3.63) is 41.6 Å². The predicted molar refractivity (Wildman–Crippen MR) is 78.3 cm³/mol. The summed E-state index contributed by atoms with van der Waals surface area (Å²) in [5.41, 5.74) is 0.217. The molecule has 0 saturated carbocycles. The second-order valence-corrected chi connectivity index (χ2v) is 5.49. The molecular formula is C15H15F2N5O2. The highest BCUT2D eigenvalue weighted by atomic mass is 19.3. The Hall–Kier alpha value is -2.71. The van der Waals surface area contributed by atoms with Crippen LogP contribution >= 0.6 is 0 Å². The Morgan fingerprint density at radius 3 is 2.29 bits per heavy atom. The maximum atomic E-state index is 12.5. The Morgan fingerprint density at radius 1 is 1.00 bits per heavy atom. The van der Waals surface area contributed by atoms with Gasteiger partial charge in [-0.1, -0.05) is 24.2 Å². The Balaban J connectivity index is 1.64. The van der Waals surface area contributed by atoms with Gasteiger partial charge < -0.3 is 9.05 Å². The molecule has 0 aliphatic carbocycles. The van der Waals surface area contributed by atoms with E-state index in [-0.39, 0.29) is 11.6 Å². The molecule has 9 heteroatoms. The third-order valence-corrected chi connectivity index (χ3v) is 3.29. The average Bonchev–Trinajstić information content (AvgIpc) is 3.22. The summed E-state index contributed by atoms with van der Waals surface area (Å²) >= 11 is 0. The fourth-order valence-electron chi connectivity index (χ4n) is 1.96. The first-order chi connectivity index (χ1) is 11.5. The lowest BCUT2D eigenvalue weighted by atomic mass is 10.2. The molecule has 0 bridgehead atoms. The predicted octanol–water partition coefficient (Wildman–Crippen LogP) is 3.36. The third-order valence-electron chi connectivity index (χ3n) is 3.29. The molecule has 0 aromatic carbocycles. The second kappa shape index (κ2) is 6.81. The molecule has 3 heterocycles. The summed E-state index contributed by atoms with van der Waals surface area (Å²) in [7, 11) is 0. The highest BCUT2D eigenvalue weighted by Gasteiger charge is 2.14. The highest BCUT2D eigenvalue weighted by Crippen LogP contribution is 2.20. The normalized spacial score (nSPS) is 11.6. The first-order valence-electron chi connectivity index (χ1n) is 7.42. The quantitative estimate of drug-likeness (QED) is 0.682. The molecule has 126 valence electrons. The van der Waals surface area contributed by atoms with Crippen LogP contribution in [0.2, 0.25) is 0 Å². The van der Waals surface area contributed by atoms with E-state index in [0.29, 0.717) is 41.8 Å². The van der Waals surface area contributed by atoms with Gasteiger partial charge in [-0.25, -0.2) is 8.78 Å². The molecule has 0 radical (unpaired) electrons. The molecule has 0 saturated heterocycles. The Bertz CT molecular complexity index is 798. The van der Waals surface area contributed by atoms with Crippen molar-refractivity contribution in [1.82, 2.24) is 25.3 Å². The summed E-state index contributed by atoms with van der Waals surface area (Å²) in [4.78, 5) is 12.2. The van der Waals surface area contributed by atoms with Crippen molar-refractivity contribution in [2.75, 3.05) is 0 Å². The van der Waals surface area contributed by atoms with Crippen molar-refractivity contribution >= 4 is 0 Å². The van der Waals surface area contributed by atoms with Gasteiger partial charge in [0.15, 0.2) is 5.82 Å². The maximum Gasteiger partial charge on any atom is 0.280 e. The van der Waals surface area contributed by atoms with Gasteiger partial charge in [-0.2, -0.15) is 9.97 Å². The highest BCUT2D eigenvalue weighted by molar-refractivity contribution is 5.52. The van der Waals surface area contributed by atoms with Gasteiger partial charge in [0, 0.05) is 30.5 Å². The zero-order valence-electron chi connectivity index (χ0n) is 13.1. The smallest absolute Gasteiger partial charge is 0.280 e. The Kier molecular flexibility index (Phi) is 4.59. The lowest BCUT2D eigenvalue weighted by Gasteiger charge is -1.98. The van der Waals surface area contributed by atoms with Gasteiger partial charge in [-0.15, -0.1) is 0 Å². The topological polar surface area (TPSA) is 90.7 Å². The zero-order valence-corrected chi connectivity index (χ0v) is 13.1. The van der Waals surface area contributed by atoms with Crippen LogP contribution in [-0.2, 0) is 12.8 Å². The average molecular weight is 335 g/mol. The number of rotatable bonds is 6. The molecule has 24 heavy (non-hydrogen) atoms. The standard InChI is InChI=1S/C15H15F2N5O2/c1-8(2)14-19-11(23-21-14)5-6-12-20-15(22-24-12)9-3-4-10(13(16)17)18-7-9/h3-4,7-8,13H,5-6H2,1-2H3. The summed E-state index contributed by atoms with van der Waals surface area (Å²) in [5.74, 6) is 2.04. The van der Waals surface area contributed by atoms with E-state index in [9.17, 15) is 8.78 Å². The number of nitrogens with zero attached hydrogens (tertiary/aromatic N) is 5. The molecule has 0 spiro atoms. The number of hydrogen-bond donors (Lipinski definition) is 0. The number of halogens is 2. The summed E-state index contributed by atoms with van der Waals surface area (Å²) in [5, 5.41) is 7.71. The van der Waals surface area contributed by atoms with Crippen molar-refractivity contribution in [3.63, 3.8) is 0 Å². The number of aryl methyl sites for hydroxylation is 2. The van der Waals surface area contributed by atoms with Crippen LogP contribution in [-0.4, -0.2) is 25.3 Å². The van der Waals surface area contributed by atoms with Crippen molar-refractivity contribution in [3.8, 4) is 11.4 Å². The molecule has 0 aliphatic rings. The summed E-state index contributed by atoms with van der Waals surface area (Å²) in [6.45, 7) is 3.96. The van der Waals surface area contributed by atoms with E-state index >= 15 is 0 Å². The monoisotopic (exact) mass is 335 g/mol. The molecule has 0 unspecified atom stereocenters. The molecule has 0 fully saturated rings. The molecule has 0 amide bonds. The van der Waals surface area contributed by atoms with Crippen LogP contribution in [0.4, 0.5) is 8.78 Å². The van der Waals surface area contributed by atoms with Gasteiger partial charge in [0.2, 0.25) is 17.6 Å². The second-order valence-electron chi connectivity index (χ2n) is 5.49. The van der Waals surface area contributed by atoms with Crippen molar-refractivity contribution in [2.45, 2.75) is 39.0 Å². The molecule has 0 atom stereocenters. The Morgan fingerprint density at radius 2 is 1.71 bits per heavy atom. The van der Waals surface area contributed by atoms with Crippen LogP contribution in [0.25, 0.3) is 11.4 Å². The fraction of sp³-hybridized carbons (Fsp3) is 0.400. The molecule has 3 aromatic heterocycles. The van der Waals surface area contributed by atoms with Crippen LogP contribution in [0.1, 0.15) is 49.5 Å². The molecule has 3 aromatic rings. The molecule has 3 rings (SSSR count). The minimum Gasteiger partial charge on any atom is -0.339 e. The van der Waals surface area contributed by atoms with Gasteiger partial charge >= 0.3 is 0 Å². The number of pyridine rings is 1. The Labute approximate surface area is 136 Å². The minimum absolute atomic E-state index is 0.196. The van der Waals surface area contributed by atoms with Gasteiger partial charge in [-0.3, -0.25) is 4.98 Å². The number of aromatic nitrogens is 5. The van der Waals surface area contributed by atoms with Crippen LogP contribution in [0.5, 0.6) is 0 Å². The molecular weight excluding hydrogens is 320 g/mol. The summed E-state index contributed by atoms with van der Waals surface area (Å²) < 4.78 is 35.3.